The number of hydrogen-bond donors (Lipinski definition) is 0. The van der Waals surface area contributed by atoms with Gasteiger partial charge in [-0.3, -0.25) is 0 Å². The van der Waals surface area contributed by atoms with Gasteiger partial charge in [0.05, 0.1) is 31.6 Å². The number of carbonyl (C=O) groups excluding carboxylic acids is 1. The first-order valence-corrected chi connectivity index (χ1v) is 14.5. The van der Waals surface area contributed by atoms with Crippen molar-refractivity contribution >= 4 is 16.9 Å². The van der Waals surface area contributed by atoms with E-state index in [1.54, 1.807) is 6.07 Å². The molecule has 1 heterocycles. The molecule has 0 amide bonds. The lowest BCUT2D eigenvalue weighted by Crippen LogP contribution is -2.62. The normalized spacial score (nSPS) is 13.1. The predicted octanol–water partition coefficient (Wildman–Crippen LogP) is 10.6. The van der Waals surface area contributed by atoms with Crippen molar-refractivity contribution in [3.05, 3.63) is 60.2 Å². The molecule has 0 aliphatic heterocycles. The lowest BCUT2D eigenvalue weighted by atomic mass is 9.95. The zero-order chi connectivity index (χ0) is 36.1. The van der Waals surface area contributed by atoms with E-state index in [0.717, 1.165) is 38.3 Å². The van der Waals surface area contributed by atoms with E-state index in [4.69, 9.17) is 9.15 Å². The summed E-state index contributed by atoms with van der Waals surface area (Å²) in [4.78, 5) is 11.2. The highest BCUT2D eigenvalue weighted by atomic mass is 19.4. The molecule has 16 heteroatoms. The first-order valence-electron chi connectivity index (χ1n) is 14.5. The number of carbonyl (C=O) groups is 1. The van der Waals surface area contributed by atoms with Crippen LogP contribution in [0.15, 0.2) is 59.0 Å². The molecule has 0 atom stereocenters. The Labute approximate surface area is 267 Å². The largest absolute Gasteiger partial charge is 0.573 e. The number of rotatable bonds is 17. The van der Waals surface area contributed by atoms with Gasteiger partial charge >= 0.3 is 36.0 Å². The van der Waals surface area contributed by atoms with Gasteiger partial charge in [0.1, 0.15) is 22.8 Å². The number of hydrogen-bond acceptors (Lipinski definition) is 5. The number of unbranched alkanes of at least 4 members (excludes halogenated alkanes) is 2. The zero-order valence-corrected chi connectivity index (χ0v) is 25.6. The van der Waals surface area contributed by atoms with Gasteiger partial charge in [0.15, 0.2) is 0 Å². The third-order valence-corrected chi connectivity index (χ3v) is 7.09. The molecule has 0 spiro atoms. The summed E-state index contributed by atoms with van der Waals surface area (Å²) in [7, 11) is 0. The first-order chi connectivity index (χ1) is 22.1. The van der Waals surface area contributed by atoms with E-state index in [0.29, 0.717) is 17.4 Å². The molecule has 1 aromatic heterocycles. The Bertz CT molecular complexity index is 1580. The van der Waals surface area contributed by atoms with Crippen molar-refractivity contribution in [2.75, 3.05) is 13.2 Å². The molecule has 0 saturated heterocycles. The molecule has 3 rings (SSSR count). The van der Waals surface area contributed by atoms with E-state index in [9.17, 15) is 53.1 Å². The molecule has 0 N–H and O–H groups in total. The lowest BCUT2D eigenvalue weighted by molar-refractivity contribution is -0.368. The van der Waals surface area contributed by atoms with Crippen LogP contribution in [0.5, 0.6) is 11.5 Å². The molecule has 0 aliphatic carbocycles. The van der Waals surface area contributed by atoms with Gasteiger partial charge in [-0.05, 0) is 55.7 Å². The smallest absolute Gasteiger partial charge is 0.493 e. The van der Waals surface area contributed by atoms with Crippen LogP contribution in [0, 0.1) is 0 Å². The maximum atomic E-state index is 14.4. The van der Waals surface area contributed by atoms with Crippen LogP contribution in [0.2, 0.25) is 0 Å². The second-order valence-corrected chi connectivity index (χ2v) is 11.0. The quantitative estimate of drug-likeness (QED) is 0.0606. The highest BCUT2D eigenvalue weighted by Crippen LogP contribution is 2.54. The van der Waals surface area contributed by atoms with Crippen molar-refractivity contribution in [3.8, 4) is 22.8 Å². The molecule has 0 unspecified atom stereocenters. The molecule has 0 radical (unpaired) electrons. The summed E-state index contributed by atoms with van der Waals surface area (Å²) in [5, 5.41) is 0.301. The van der Waals surface area contributed by atoms with E-state index < -0.39 is 67.8 Å². The highest BCUT2D eigenvalue weighted by Gasteiger charge is 2.79. The summed E-state index contributed by atoms with van der Waals surface area (Å²) in [5.41, 5.74) is 0.175. The second-order valence-electron chi connectivity index (χ2n) is 11.0. The Kier molecular flexibility index (Phi) is 11.7. The zero-order valence-electron chi connectivity index (χ0n) is 25.6. The summed E-state index contributed by atoms with van der Waals surface area (Å²) in [5.74, 6) is -26.7. The van der Waals surface area contributed by atoms with E-state index in [1.807, 2.05) is 6.92 Å². The fourth-order valence-corrected chi connectivity index (χ4v) is 4.41. The third kappa shape index (κ3) is 8.92. The van der Waals surface area contributed by atoms with Crippen molar-refractivity contribution < 1.29 is 71.7 Å². The lowest BCUT2D eigenvalue weighted by Gasteiger charge is -2.36. The van der Waals surface area contributed by atoms with Crippen LogP contribution in [0.3, 0.4) is 0 Å². The van der Waals surface area contributed by atoms with Crippen molar-refractivity contribution in [1.82, 2.24) is 0 Å². The van der Waals surface area contributed by atoms with Gasteiger partial charge in [-0.25, -0.2) is 4.79 Å². The van der Waals surface area contributed by atoms with E-state index in [1.165, 1.54) is 24.3 Å². The molecule has 3 aromatic rings. The summed E-state index contributed by atoms with van der Waals surface area (Å²) in [6, 6.07) is 9.07. The molecule has 5 nitrogen and oxygen atoms in total. The molecule has 266 valence electrons. The van der Waals surface area contributed by atoms with Crippen LogP contribution >= 0.6 is 0 Å². The number of fused-ring (bicyclic) bond motifs is 1. The Balaban J connectivity index is 1.74. The minimum atomic E-state index is -6.56. The molecule has 0 aliphatic rings. The predicted molar refractivity (Wildman–Crippen MR) is 152 cm³/mol. The fraction of sp³-hybridized carbons (Fsp3) is 0.469. The number of furan rings is 1. The van der Waals surface area contributed by atoms with Gasteiger partial charge in [-0.1, -0.05) is 32.4 Å². The number of halogens is 11. The minimum absolute atomic E-state index is 0.0388. The van der Waals surface area contributed by atoms with Gasteiger partial charge in [-0.15, -0.1) is 13.2 Å². The molecule has 2 aromatic carbocycles. The number of alkyl halides is 11. The van der Waals surface area contributed by atoms with Crippen LogP contribution in [0.1, 0.15) is 51.5 Å². The molecule has 0 bridgehead atoms. The second kappa shape index (κ2) is 14.6. The van der Waals surface area contributed by atoms with Gasteiger partial charge < -0.3 is 18.6 Å². The highest BCUT2D eigenvalue weighted by molar-refractivity contribution is 5.87. The summed E-state index contributed by atoms with van der Waals surface area (Å²) < 4.78 is 172. The molecule has 0 fully saturated rings. The average molecular weight is 705 g/mol. The number of aryl methyl sites for hydroxylation is 1. The van der Waals surface area contributed by atoms with Crippen LogP contribution in [0.4, 0.5) is 48.3 Å². The Hall–Kier alpha value is -3.98. The summed E-state index contributed by atoms with van der Waals surface area (Å²) in [6.07, 6.45) is -6.33. The Morgan fingerprint density at radius 1 is 0.812 bits per heavy atom. The van der Waals surface area contributed by atoms with Crippen molar-refractivity contribution in [2.45, 2.75) is 82.4 Å². The topological polar surface area (TPSA) is 57.9 Å². The van der Waals surface area contributed by atoms with Crippen molar-refractivity contribution in [1.29, 1.82) is 0 Å². The van der Waals surface area contributed by atoms with Gasteiger partial charge in [0.2, 0.25) is 0 Å². The SMILES string of the molecule is C=C(C)C(=O)OCCC(F)(F)C(F)(F)C(F)(F)C(F)(F)CCOc1ccc2cc(-c3ccc(CCCCC)cc3OC(F)(F)F)oc2c1. The van der Waals surface area contributed by atoms with E-state index in [-0.39, 0.29) is 28.2 Å². The van der Waals surface area contributed by atoms with Crippen molar-refractivity contribution in [3.63, 3.8) is 0 Å². The van der Waals surface area contributed by atoms with Crippen molar-refractivity contribution in [2.24, 2.45) is 0 Å². The monoisotopic (exact) mass is 704 g/mol. The molecular formula is C32H31F11O5. The van der Waals surface area contributed by atoms with E-state index in [2.05, 4.69) is 16.1 Å². The molecular weight excluding hydrogens is 673 g/mol. The van der Waals surface area contributed by atoms with Gasteiger partial charge in [0, 0.05) is 17.0 Å². The van der Waals surface area contributed by atoms with Crippen LogP contribution in [-0.4, -0.2) is 49.2 Å². The summed E-state index contributed by atoms with van der Waals surface area (Å²) >= 11 is 0. The number of benzene rings is 2. The summed E-state index contributed by atoms with van der Waals surface area (Å²) in [6.45, 7) is 3.35. The van der Waals surface area contributed by atoms with Crippen LogP contribution in [-0.2, 0) is 16.0 Å². The standard InChI is InChI=1S/C32H31F11O5/c1-4-5-6-7-20-8-11-23(26(16-20)48-32(41,42)43)25-17-21-9-10-22(18-24(21)47-25)45-14-12-28(33,34)30(37,38)31(39,40)29(35,36)13-15-46-27(44)19(2)3/h8-11,16-18H,2,4-7,12-15H2,1,3H3. The van der Waals surface area contributed by atoms with E-state index >= 15 is 0 Å². The Morgan fingerprint density at radius 2 is 1.44 bits per heavy atom. The molecule has 0 saturated carbocycles. The fourth-order valence-electron chi connectivity index (χ4n) is 4.41. The number of esters is 1. The van der Waals surface area contributed by atoms with Gasteiger partial charge in [-0.2, -0.15) is 35.1 Å². The Morgan fingerprint density at radius 3 is 2.02 bits per heavy atom. The molecule has 48 heavy (non-hydrogen) atoms. The number of ether oxygens (including phenoxy) is 3. The maximum Gasteiger partial charge on any atom is 0.573 e. The minimum Gasteiger partial charge on any atom is -0.493 e. The third-order valence-electron chi connectivity index (χ3n) is 7.09. The first kappa shape index (κ1) is 38.5. The maximum absolute atomic E-state index is 14.4. The van der Waals surface area contributed by atoms with Crippen LogP contribution in [0.25, 0.3) is 22.3 Å². The van der Waals surface area contributed by atoms with Crippen LogP contribution < -0.4 is 9.47 Å². The average Bonchev–Trinajstić information content (AvgIpc) is 3.39. The van der Waals surface area contributed by atoms with Gasteiger partial charge in [0.25, 0.3) is 0 Å².